The number of fused-ring (bicyclic) bond motifs is 2. The van der Waals surface area contributed by atoms with E-state index in [1.54, 1.807) is 11.3 Å². The summed E-state index contributed by atoms with van der Waals surface area (Å²) in [6.07, 6.45) is 0. The van der Waals surface area contributed by atoms with E-state index in [1.807, 2.05) is 78.2 Å². The molecule has 5 heteroatoms. The molecule has 2 heterocycles. The standard InChI is InChI=1S/C22H15N3OS/c26-22(17-13-27-20-9-5-4-8-16(17)20)23-15-10-11-18-19(12-15)25-21(24-18)14-6-2-1-3-7-14/h1-13H,(H,23,26)(H,24,25). The molecular formula is C22H15N3OS. The topological polar surface area (TPSA) is 57.8 Å². The van der Waals surface area contributed by atoms with Crippen LogP contribution in [0.2, 0.25) is 0 Å². The van der Waals surface area contributed by atoms with Crippen molar-refractivity contribution in [3.8, 4) is 11.4 Å². The highest BCUT2D eigenvalue weighted by atomic mass is 32.1. The van der Waals surface area contributed by atoms with Gasteiger partial charge in [-0.15, -0.1) is 11.3 Å². The number of thiophene rings is 1. The minimum Gasteiger partial charge on any atom is -0.338 e. The van der Waals surface area contributed by atoms with Crippen molar-refractivity contribution < 1.29 is 4.79 Å². The summed E-state index contributed by atoms with van der Waals surface area (Å²) in [6, 6.07) is 23.6. The first kappa shape index (κ1) is 15.8. The van der Waals surface area contributed by atoms with Gasteiger partial charge in [0, 0.05) is 26.7 Å². The highest BCUT2D eigenvalue weighted by Crippen LogP contribution is 2.27. The van der Waals surface area contributed by atoms with Gasteiger partial charge in [-0.1, -0.05) is 48.5 Å². The predicted molar refractivity (Wildman–Crippen MR) is 111 cm³/mol. The van der Waals surface area contributed by atoms with E-state index in [-0.39, 0.29) is 5.91 Å². The molecule has 5 aromatic rings. The van der Waals surface area contributed by atoms with Crippen molar-refractivity contribution in [2.45, 2.75) is 0 Å². The average Bonchev–Trinajstić information content (AvgIpc) is 3.32. The SMILES string of the molecule is O=C(Nc1ccc2nc(-c3ccccc3)[nH]c2c1)c1csc2ccccc12. The van der Waals surface area contributed by atoms with E-state index in [1.165, 1.54) is 0 Å². The largest absolute Gasteiger partial charge is 0.338 e. The Morgan fingerprint density at radius 3 is 2.67 bits per heavy atom. The van der Waals surface area contributed by atoms with Crippen LogP contribution >= 0.6 is 11.3 Å². The van der Waals surface area contributed by atoms with Crippen molar-refractivity contribution in [3.63, 3.8) is 0 Å². The normalized spacial score (nSPS) is 11.1. The summed E-state index contributed by atoms with van der Waals surface area (Å²) < 4.78 is 1.11. The Labute approximate surface area is 159 Å². The molecule has 0 atom stereocenters. The number of nitrogens with one attached hydrogen (secondary N) is 2. The van der Waals surface area contributed by atoms with Crippen molar-refractivity contribution in [3.05, 3.63) is 83.7 Å². The van der Waals surface area contributed by atoms with Gasteiger partial charge in [-0.3, -0.25) is 4.79 Å². The van der Waals surface area contributed by atoms with Crippen molar-refractivity contribution in [2.75, 3.05) is 5.32 Å². The molecule has 3 aromatic carbocycles. The van der Waals surface area contributed by atoms with Crippen LogP contribution in [-0.4, -0.2) is 15.9 Å². The summed E-state index contributed by atoms with van der Waals surface area (Å²) in [5.41, 5.74) is 4.23. The molecule has 27 heavy (non-hydrogen) atoms. The summed E-state index contributed by atoms with van der Waals surface area (Å²) in [7, 11) is 0. The van der Waals surface area contributed by atoms with Gasteiger partial charge in [-0.05, 0) is 24.3 Å². The van der Waals surface area contributed by atoms with E-state index < -0.39 is 0 Å². The number of carbonyl (C=O) groups is 1. The van der Waals surface area contributed by atoms with Gasteiger partial charge in [0.05, 0.1) is 16.6 Å². The number of H-pyrrole nitrogens is 1. The number of anilines is 1. The van der Waals surface area contributed by atoms with Crippen LogP contribution in [0.15, 0.2) is 78.2 Å². The Balaban J connectivity index is 1.46. The minimum absolute atomic E-state index is 0.102. The molecule has 2 N–H and O–H groups in total. The molecule has 2 aromatic heterocycles. The van der Waals surface area contributed by atoms with Crippen LogP contribution in [0, 0.1) is 0 Å². The van der Waals surface area contributed by atoms with Crippen molar-refractivity contribution in [1.29, 1.82) is 0 Å². The van der Waals surface area contributed by atoms with E-state index in [0.717, 1.165) is 38.2 Å². The molecule has 4 nitrogen and oxygen atoms in total. The highest BCUT2D eigenvalue weighted by Gasteiger charge is 2.13. The predicted octanol–water partition coefficient (Wildman–Crippen LogP) is 5.70. The van der Waals surface area contributed by atoms with E-state index >= 15 is 0 Å². The Morgan fingerprint density at radius 1 is 0.963 bits per heavy atom. The Morgan fingerprint density at radius 2 is 1.78 bits per heavy atom. The smallest absolute Gasteiger partial charge is 0.257 e. The Kier molecular flexibility index (Phi) is 3.73. The molecule has 0 bridgehead atoms. The molecule has 0 fully saturated rings. The van der Waals surface area contributed by atoms with Crippen LogP contribution in [0.5, 0.6) is 0 Å². The van der Waals surface area contributed by atoms with Crippen LogP contribution < -0.4 is 5.32 Å². The molecule has 0 aliphatic heterocycles. The highest BCUT2D eigenvalue weighted by molar-refractivity contribution is 7.17. The third-order valence-corrected chi connectivity index (χ3v) is 5.48. The summed E-state index contributed by atoms with van der Waals surface area (Å²) in [6.45, 7) is 0. The van der Waals surface area contributed by atoms with Gasteiger partial charge in [0.15, 0.2) is 0 Å². The number of hydrogen-bond donors (Lipinski definition) is 2. The second-order valence-electron chi connectivity index (χ2n) is 6.28. The fraction of sp³-hybridized carbons (Fsp3) is 0. The average molecular weight is 369 g/mol. The molecule has 0 radical (unpaired) electrons. The number of rotatable bonds is 3. The maximum atomic E-state index is 12.7. The fourth-order valence-corrected chi connectivity index (χ4v) is 4.11. The van der Waals surface area contributed by atoms with Gasteiger partial charge in [0.1, 0.15) is 5.82 Å². The zero-order valence-electron chi connectivity index (χ0n) is 14.3. The van der Waals surface area contributed by atoms with Crippen molar-refractivity contribution in [2.24, 2.45) is 0 Å². The Hall–Kier alpha value is -3.44. The molecular weight excluding hydrogens is 354 g/mol. The van der Waals surface area contributed by atoms with Crippen LogP contribution in [0.1, 0.15) is 10.4 Å². The van der Waals surface area contributed by atoms with Crippen LogP contribution in [0.4, 0.5) is 5.69 Å². The molecule has 0 spiro atoms. The number of aromatic amines is 1. The first-order chi connectivity index (χ1) is 13.3. The van der Waals surface area contributed by atoms with Gasteiger partial charge in [-0.25, -0.2) is 4.98 Å². The number of carbonyl (C=O) groups excluding carboxylic acids is 1. The zero-order chi connectivity index (χ0) is 18.2. The van der Waals surface area contributed by atoms with Crippen molar-refractivity contribution in [1.82, 2.24) is 9.97 Å². The van der Waals surface area contributed by atoms with E-state index in [2.05, 4.69) is 15.3 Å². The quantitative estimate of drug-likeness (QED) is 0.429. The van der Waals surface area contributed by atoms with Gasteiger partial charge in [0.25, 0.3) is 5.91 Å². The lowest BCUT2D eigenvalue weighted by atomic mass is 10.1. The van der Waals surface area contributed by atoms with Crippen LogP contribution in [-0.2, 0) is 0 Å². The maximum Gasteiger partial charge on any atom is 0.257 e. The van der Waals surface area contributed by atoms with Gasteiger partial charge in [0.2, 0.25) is 0 Å². The molecule has 0 aliphatic carbocycles. The lowest BCUT2D eigenvalue weighted by Gasteiger charge is -2.04. The molecule has 1 amide bonds. The first-order valence-corrected chi connectivity index (χ1v) is 9.49. The molecule has 0 saturated carbocycles. The fourth-order valence-electron chi connectivity index (χ4n) is 3.17. The van der Waals surface area contributed by atoms with Gasteiger partial charge in [-0.2, -0.15) is 0 Å². The lowest BCUT2D eigenvalue weighted by molar-refractivity contribution is 0.102. The van der Waals surface area contributed by atoms with Crippen molar-refractivity contribution >= 4 is 44.1 Å². The molecule has 0 aliphatic rings. The third kappa shape index (κ3) is 2.88. The third-order valence-electron chi connectivity index (χ3n) is 4.51. The van der Waals surface area contributed by atoms with Crippen LogP contribution in [0.25, 0.3) is 32.5 Å². The van der Waals surface area contributed by atoms with E-state index in [0.29, 0.717) is 5.56 Å². The van der Waals surface area contributed by atoms with E-state index in [4.69, 9.17) is 0 Å². The molecule has 130 valence electrons. The number of hydrogen-bond acceptors (Lipinski definition) is 3. The molecule has 0 unspecified atom stereocenters. The lowest BCUT2D eigenvalue weighted by Crippen LogP contribution is -2.11. The number of benzene rings is 3. The Bertz CT molecular complexity index is 1270. The van der Waals surface area contributed by atoms with E-state index in [9.17, 15) is 4.79 Å². The minimum atomic E-state index is -0.102. The number of imidazole rings is 1. The maximum absolute atomic E-state index is 12.7. The summed E-state index contributed by atoms with van der Waals surface area (Å²) in [5.74, 6) is 0.715. The van der Waals surface area contributed by atoms with Gasteiger partial charge < -0.3 is 10.3 Å². The number of nitrogens with zero attached hydrogens (tertiary/aromatic N) is 1. The first-order valence-electron chi connectivity index (χ1n) is 8.61. The zero-order valence-corrected chi connectivity index (χ0v) is 15.1. The van der Waals surface area contributed by atoms with Gasteiger partial charge >= 0.3 is 0 Å². The molecule has 5 rings (SSSR count). The number of aromatic nitrogens is 2. The second-order valence-corrected chi connectivity index (χ2v) is 7.19. The van der Waals surface area contributed by atoms with Crippen LogP contribution in [0.3, 0.4) is 0 Å². The summed E-state index contributed by atoms with van der Waals surface area (Å²) >= 11 is 1.58. The number of amides is 1. The monoisotopic (exact) mass is 369 g/mol. The summed E-state index contributed by atoms with van der Waals surface area (Å²) in [4.78, 5) is 20.7. The molecule has 0 saturated heterocycles. The second kappa shape index (κ2) is 6.37. The summed E-state index contributed by atoms with van der Waals surface area (Å²) in [5, 5.41) is 5.88.